The van der Waals surface area contributed by atoms with Gasteiger partial charge in [-0.1, -0.05) is 0 Å². The minimum Gasteiger partial charge on any atom is -1.00 e. The van der Waals surface area contributed by atoms with E-state index < -0.39 is 23.2 Å². The van der Waals surface area contributed by atoms with Crippen LogP contribution in [0.4, 0.5) is 0 Å². The Hall–Kier alpha value is -0.274. The summed E-state index contributed by atoms with van der Waals surface area (Å²) in [5.74, 6) is -3.33. The van der Waals surface area contributed by atoms with Crippen LogP contribution in [0.3, 0.4) is 0 Å². The summed E-state index contributed by atoms with van der Waals surface area (Å²) in [5.41, 5.74) is -0.289. The monoisotopic (exact) mass is 210 g/mol. The molecule has 0 amide bonds. The van der Waals surface area contributed by atoms with Gasteiger partial charge in [-0.15, -0.1) is 0 Å². The molecule has 0 unspecified atom stereocenters. The molecule has 0 bridgehead atoms. The zero-order valence-electron chi connectivity index (χ0n) is 7.85. The van der Waals surface area contributed by atoms with Gasteiger partial charge in [0.1, 0.15) is 0 Å². The van der Waals surface area contributed by atoms with E-state index in [1.165, 1.54) is 0 Å². The van der Waals surface area contributed by atoms with E-state index in [-0.39, 0.29) is 58.4 Å². The van der Waals surface area contributed by atoms with Crippen LogP contribution in [0.25, 0.3) is 0 Å². The van der Waals surface area contributed by atoms with E-state index in [0.717, 1.165) is 12.1 Å². The first-order chi connectivity index (χ1) is 5.52. The molecule has 0 atom stereocenters. The van der Waals surface area contributed by atoms with Gasteiger partial charge in [-0.05, 0) is 12.1 Å². The topological polar surface area (TPSA) is 98.0 Å². The molecule has 1 aromatic carbocycles. The third-order valence-electron chi connectivity index (χ3n) is 1.32. The first-order valence-electron chi connectivity index (χ1n) is 3.00. The van der Waals surface area contributed by atoms with Crippen LogP contribution in [0.1, 0.15) is 11.8 Å². The number of phenolic OH excluding ortho intramolecular Hbond substituents is 3. The van der Waals surface area contributed by atoms with E-state index in [4.69, 9.17) is 20.4 Å². The Morgan fingerprint density at radius 1 is 1.15 bits per heavy atom. The predicted octanol–water partition coefficient (Wildman–Crippen LogP) is -2.38. The largest absolute Gasteiger partial charge is 1.00 e. The van der Waals surface area contributed by atoms with Crippen LogP contribution in [0.5, 0.6) is 17.2 Å². The number of benzene rings is 1. The maximum atomic E-state index is 10.3. The fourth-order valence-corrected chi connectivity index (χ4v) is 0.728. The maximum Gasteiger partial charge on any atom is 1.00 e. The standard InChI is InChI=1S/C7H6O5.K.H/c8-4-1-3(7(11)12)2-5(9)6(4)10;;/h1-2,8-10H,(H,11,12);;/q;+1;-1. The molecule has 13 heavy (non-hydrogen) atoms. The summed E-state index contributed by atoms with van der Waals surface area (Å²) in [6, 6.07) is 1.69. The van der Waals surface area contributed by atoms with E-state index in [0.29, 0.717) is 0 Å². The number of aromatic carboxylic acids is 1. The van der Waals surface area contributed by atoms with Crippen molar-refractivity contribution in [1.29, 1.82) is 0 Å². The Morgan fingerprint density at radius 2 is 1.54 bits per heavy atom. The van der Waals surface area contributed by atoms with Gasteiger partial charge in [0.05, 0.1) is 5.56 Å². The van der Waals surface area contributed by atoms with E-state index in [1.807, 2.05) is 0 Å². The van der Waals surface area contributed by atoms with Crippen LogP contribution in [0.2, 0.25) is 0 Å². The minimum absolute atomic E-state index is 0. The quantitative estimate of drug-likeness (QED) is 0.306. The normalized spacial score (nSPS) is 8.92. The second-order valence-corrected chi connectivity index (χ2v) is 2.17. The summed E-state index contributed by atoms with van der Waals surface area (Å²) in [4.78, 5) is 10.3. The molecule has 5 nitrogen and oxygen atoms in total. The molecule has 6 heteroatoms. The van der Waals surface area contributed by atoms with Gasteiger partial charge in [0.2, 0.25) is 0 Å². The Bertz CT molecular complexity index is 318. The second-order valence-electron chi connectivity index (χ2n) is 2.17. The fourth-order valence-electron chi connectivity index (χ4n) is 0.728. The van der Waals surface area contributed by atoms with Crippen LogP contribution in [0, 0.1) is 0 Å². The van der Waals surface area contributed by atoms with Gasteiger partial charge in [0.25, 0.3) is 0 Å². The first-order valence-corrected chi connectivity index (χ1v) is 3.00. The SMILES string of the molecule is O=C(O)c1cc(O)c(O)c(O)c1.[H-].[K+]. The van der Waals surface area contributed by atoms with Crippen LogP contribution in [-0.4, -0.2) is 26.4 Å². The summed E-state index contributed by atoms with van der Waals surface area (Å²) < 4.78 is 0. The van der Waals surface area contributed by atoms with Crippen LogP contribution < -0.4 is 51.4 Å². The number of hydrogen-bond donors (Lipinski definition) is 4. The van der Waals surface area contributed by atoms with Gasteiger partial charge in [0.15, 0.2) is 17.2 Å². The van der Waals surface area contributed by atoms with Gasteiger partial charge in [-0.2, -0.15) is 0 Å². The zero-order chi connectivity index (χ0) is 9.30. The van der Waals surface area contributed by atoms with Crippen molar-refractivity contribution in [3.63, 3.8) is 0 Å². The van der Waals surface area contributed by atoms with Gasteiger partial charge in [-0.3, -0.25) is 0 Å². The number of phenols is 3. The van der Waals surface area contributed by atoms with Gasteiger partial charge in [-0.25, -0.2) is 4.79 Å². The van der Waals surface area contributed by atoms with Gasteiger partial charge >= 0.3 is 57.4 Å². The number of carboxylic acid groups (broad SMARTS) is 1. The summed E-state index contributed by atoms with van der Waals surface area (Å²) >= 11 is 0. The molecule has 1 aromatic rings. The molecule has 4 N–H and O–H groups in total. The molecular weight excluding hydrogens is 203 g/mol. The minimum atomic E-state index is -1.29. The summed E-state index contributed by atoms with van der Waals surface area (Å²) in [7, 11) is 0. The third-order valence-corrected chi connectivity index (χ3v) is 1.32. The maximum absolute atomic E-state index is 10.3. The number of carboxylic acids is 1. The summed E-state index contributed by atoms with van der Waals surface area (Å²) in [6.07, 6.45) is 0. The molecule has 0 aliphatic carbocycles. The number of aromatic hydroxyl groups is 3. The molecule has 0 radical (unpaired) electrons. The average Bonchev–Trinajstić information content (AvgIpc) is 1.99. The molecule has 0 heterocycles. The summed E-state index contributed by atoms with van der Waals surface area (Å²) in [6.45, 7) is 0. The molecular formula is C7H7KO5. The van der Waals surface area contributed by atoms with Crippen LogP contribution in [0.15, 0.2) is 12.1 Å². The van der Waals surface area contributed by atoms with E-state index >= 15 is 0 Å². The van der Waals surface area contributed by atoms with E-state index in [2.05, 4.69) is 0 Å². The predicted molar refractivity (Wildman–Crippen MR) is 39.5 cm³/mol. The third kappa shape index (κ3) is 2.85. The van der Waals surface area contributed by atoms with Crippen LogP contribution >= 0.6 is 0 Å². The molecule has 0 aliphatic rings. The molecule has 0 aliphatic heterocycles. The van der Waals surface area contributed by atoms with Crippen molar-refractivity contribution < 1.29 is 78.0 Å². The molecule has 0 fully saturated rings. The Morgan fingerprint density at radius 3 is 1.85 bits per heavy atom. The Kier molecular flexibility index (Phi) is 4.72. The molecule has 0 saturated carbocycles. The van der Waals surface area contributed by atoms with Crippen LogP contribution in [-0.2, 0) is 0 Å². The van der Waals surface area contributed by atoms with Crippen molar-refractivity contribution in [1.82, 2.24) is 0 Å². The van der Waals surface area contributed by atoms with Crippen molar-refractivity contribution in [2.45, 2.75) is 0 Å². The number of rotatable bonds is 1. The molecule has 1 rings (SSSR count). The van der Waals surface area contributed by atoms with Crippen molar-refractivity contribution in [3.8, 4) is 17.2 Å². The average molecular weight is 210 g/mol. The van der Waals surface area contributed by atoms with Crippen molar-refractivity contribution in [2.75, 3.05) is 0 Å². The molecule has 0 spiro atoms. The van der Waals surface area contributed by atoms with Crippen molar-refractivity contribution in [2.24, 2.45) is 0 Å². The zero-order valence-corrected chi connectivity index (χ0v) is 9.97. The number of carbonyl (C=O) groups is 1. The van der Waals surface area contributed by atoms with E-state index in [9.17, 15) is 4.79 Å². The smallest absolute Gasteiger partial charge is 1.00 e. The summed E-state index contributed by atoms with van der Waals surface area (Å²) in [5, 5.41) is 35.0. The van der Waals surface area contributed by atoms with Gasteiger partial charge < -0.3 is 21.9 Å². The molecule has 0 aromatic heterocycles. The fraction of sp³-hybridized carbons (Fsp3) is 0. The first kappa shape index (κ1) is 12.7. The number of hydrogen-bond acceptors (Lipinski definition) is 4. The second kappa shape index (κ2) is 4.82. The van der Waals surface area contributed by atoms with Gasteiger partial charge in [0, 0.05) is 0 Å². The Balaban J connectivity index is 0. The molecule has 66 valence electrons. The van der Waals surface area contributed by atoms with E-state index in [1.54, 1.807) is 0 Å². The Labute approximate surface area is 118 Å². The van der Waals surface area contributed by atoms with Crippen molar-refractivity contribution >= 4 is 5.97 Å². The molecule has 0 saturated heterocycles. The van der Waals surface area contributed by atoms with Crippen molar-refractivity contribution in [3.05, 3.63) is 17.7 Å².